The second kappa shape index (κ2) is 12.8. The molecule has 2 N–H and O–H groups in total. The molecular formula is C20H30F3IN6O. The normalized spacial score (nSPS) is 12.9. The van der Waals surface area contributed by atoms with Crippen molar-refractivity contribution in [1.29, 1.82) is 0 Å². The van der Waals surface area contributed by atoms with Gasteiger partial charge in [0.1, 0.15) is 12.4 Å². The van der Waals surface area contributed by atoms with Crippen molar-refractivity contribution >= 4 is 29.9 Å². The second-order valence-electron chi connectivity index (χ2n) is 7.05. The first-order valence-electron chi connectivity index (χ1n) is 9.75. The summed E-state index contributed by atoms with van der Waals surface area (Å²) in [6.07, 6.45) is -3.69. The van der Waals surface area contributed by atoms with Gasteiger partial charge in [-0.1, -0.05) is 25.1 Å². The first kappa shape index (κ1) is 27.1. The number of rotatable bonds is 9. The van der Waals surface area contributed by atoms with E-state index in [9.17, 15) is 13.2 Å². The van der Waals surface area contributed by atoms with Crippen LogP contribution in [0.15, 0.2) is 29.3 Å². The average molecular weight is 554 g/mol. The van der Waals surface area contributed by atoms with Crippen LogP contribution in [0.2, 0.25) is 0 Å². The minimum atomic E-state index is -4.34. The lowest BCUT2D eigenvalue weighted by atomic mass is 9.96. The van der Waals surface area contributed by atoms with Crippen LogP contribution in [-0.4, -0.2) is 47.5 Å². The van der Waals surface area contributed by atoms with Gasteiger partial charge in [-0.2, -0.15) is 13.2 Å². The van der Waals surface area contributed by atoms with E-state index in [-0.39, 0.29) is 29.9 Å². The maximum absolute atomic E-state index is 12.9. The molecule has 0 bridgehead atoms. The van der Waals surface area contributed by atoms with Crippen LogP contribution in [-0.2, 0) is 24.5 Å². The molecule has 0 spiro atoms. The van der Waals surface area contributed by atoms with E-state index >= 15 is 0 Å². The summed E-state index contributed by atoms with van der Waals surface area (Å²) >= 11 is 0. The Hall–Kier alpha value is -1.89. The standard InChI is InChI=1S/C20H29F3N6O.HI/c1-14(16-6-5-7-17(12-16)20(21,22)23)8-9-24-19(25-10-11-30-4)26-13-18-28-27-15(2)29(18)3;/h5-7,12,14H,8-11,13H2,1-4H3,(H2,24,25,26);1H. The van der Waals surface area contributed by atoms with Gasteiger partial charge in [-0.3, -0.25) is 0 Å². The molecule has 0 radical (unpaired) electrons. The van der Waals surface area contributed by atoms with E-state index in [1.165, 1.54) is 12.1 Å². The summed E-state index contributed by atoms with van der Waals surface area (Å²) in [6, 6.07) is 5.48. The summed E-state index contributed by atoms with van der Waals surface area (Å²) < 4.78 is 45.7. The number of aliphatic imine (C=N–C) groups is 1. The molecule has 0 aliphatic heterocycles. The number of ether oxygens (including phenoxy) is 1. The van der Waals surface area contributed by atoms with Gasteiger partial charge in [-0.25, -0.2) is 4.99 Å². The number of hydrogen-bond acceptors (Lipinski definition) is 4. The predicted molar refractivity (Wildman–Crippen MR) is 125 cm³/mol. The Morgan fingerprint density at radius 2 is 1.94 bits per heavy atom. The van der Waals surface area contributed by atoms with Crippen LogP contribution in [0.1, 0.15) is 42.0 Å². The number of nitrogens with zero attached hydrogens (tertiary/aromatic N) is 4. The molecule has 0 saturated carbocycles. The number of methoxy groups -OCH3 is 1. The number of aryl methyl sites for hydroxylation is 1. The number of hydrogen-bond donors (Lipinski definition) is 2. The van der Waals surface area contributed by atoms with Crippen LogP contribution >= 0.6 is 24.0 Å². The number of alkyl halides is 3. The van der Waals surface area contributed by atoms with Crippen LogP contribution in [0, 0.1) is 6.92 Å². The molecular weight excluding hydrogens is 524 g/mol. The zero-order valence-corrected chi connectivity index (χ0v) is 20.5. The molecule has 1 unspecified atom stereocenters. The lowest BCUT2D eigenvalue weighted by Gasteiger charge is -2.17. The third-order valence-electron chi connectivity index (χ3n) is 4.81. The average Bonchev–Trinajstić information content (AvgIpc) is 3.03. The Morgan fingerprint density at radius 3 is 2.55 bits per heavy atom. The van der Waals surface area contributed by atoms with Gasteiger partial charge in [0.15, 0.2) is 11.8 Å². The number of guanidine groups is 1. The van der Waals surface area contributed by atoms with Crippen molar-refractivity contribution < 1.29 is 17.9 Å². The van der Waals surface area contributed by atoms with Gasteiger partial charge in [-0.15, -0.1) is 34.2 Å². The van der Waals surface area contributed by atoms with Crippen LogP contribution < -0.4 is 10.6 Å². The summed E-state index contributed by atoms with van der Waals surface area (Å²) in [7, 11) is 3.49. The minimum Gasteiger partial charge on any atom is -0.383 e. The molecule has 1 aromatic carbocycles. The molecule has 31 heavy (non-hydrogen) atoms. The SMILES string of the molecule is COCCNC(=NCc1nnc(C)n1C)NCCC(C)c1cccc(C(F)(F)F)c1.I. The Kier molecular flexibility index (Phi) is 11.2. The minimum absolute atomic E-state index is 0. The molecule has 0 fully saturated rings. The summed E-state index contributed by atoms with van der Waals surface area (Å²) in [6.45, 7) is 5.77. The zero-order chi connectivity index (χ0) is 22.1. The lowest BCUT2D eigenvalue weighted by molar-refractivity contribution is -0.137. The molecule has 1 aromatic heterocycles. The largest absolute Gasteiger partial charge is 0.416 e. The fourth-order valence-electron chi connectivity index (χ4n) is 2.78. The van der Waals surface area contributed by atoms with Crippen LogP contribution in [0.3, 0.4) is 0 Å². The van der Waals surface area contributed by atoms with E-state index in [4.69, 9.17) is 4.74 Å². The zero-order valence-electron chi connectivity index (χ0n) is 18.2. The summed E-state index contributed by atoms with van der Waals surface area (Å²) in [4.78, 5) is 4.52. The highest BCUT2D eigenvalue weighted by Gasteiger charge is 2.30. The van der Waals surface area contributed by atoms with Gasteiger partial charge >= 0.3 is 6.18 Å². The highest BCUT2D eigenvalue weighted by atomic mass is 127. The third-order valence-corrected chi connectivity index (χ3v) is 4.81. The lowest BCUT2D eigenvalue weighted by Crippen LogP contribution is -2.39. The van der Waals surface area contributed by atoms with Crippen LogP contribution in [0.5, 0.6) is 0 Å². The van der Waals surface area contributed by atoms with E-state index in [0.717, 1.165) is 17.7 Å². The molecule has 0 saturated heterocycles. The molecule has 1 heterocycles. The van der Waals surface area contributed by atoms with Gasteiger partial charge in [0.05, 0.1) is 12.2 Å². The fourth-order valence-corrected chi connectivity index (χ4v) is 2.78. The highest BCUT2D eigenvalue weighted by molar-refractivity contribution is 14.0. The van der Waals surface area contributed by atoms with Crippen LogP contribution in [0.4, 0.5) is 13.2 Å². The molecule has 0 aliphatic rings. The predicted octanol–water partition coefficient (Wildman–Crippen LogP) is 3.64. The molecule has 1 atom stereocenters. The first-order chi connectivity index (χ1) is 14.2. The smallest absolute Gasteiger partial charge is 0.383 e. The quantitative estimate of drug-likeness (QED) is 0.214. The molecule has 174 valence electrons. The van der Waals surface area contributed by atoms with Gasteiger partial charge in [-0.05, 0) is 30.9 Å². The Morgan fingerprint density at radius 1 is 1.23 bits per heavy atom. The van der Waals surface area contributed by atoms with E-state index in [2.05, 4.69) is 25.8 Å². The molecule has 2 aromatic rings. The van der Waals surface area contributed by atoms with Crippen LogP contribution in [0.25, 0.3) is 0 Å². The van der Waals surface area contributed by atoms with Crippen molar-refractivity contribution in [2.45, 2.75) is 38.9 Å². The molecule has 11 heteroatoms. The van der Waals surface area contributed by atoms with Crippen molar-refractivity contribution in [3.63, 3.8) is 0 Å². The van der Waals surface area contributed by atoms with Gasteiger partial charge in [0.2, 0.25) is 0 Å². The van der Waals surface area contributed by atoms with Crippen molar-refractivity contribution in [3.8, 4) is 0 Å². The molecule has 0 amide bonds. The van der Waals surface area contributed by atoms with Crippen molar-refractivity contribution in [3.05, 3.63) is 47.0 Å². The number of aromatic nitrogens is 3. The monoisotopic (exact) mass is 554 g/mol. The Balaban J connectivity index is 0.00000480. The maximum Gasteiger partial charge on any atom is 0.416 e. The topological polar surface area (TPSA) is 76.4 Å². The highest BCUT2D eigenvalue weighted by Crippen LogP contribution is 2.31. The van der Waals surface area contributed by atoms with Gasteiger partial charge < -0.3 is 19.9 Å². The van der Waals surface area contributed by atoms with Crippen molar-refractivity contribution in [1.82, 2.24) is 25.4 Å². The molecule has 0 aliphatic carbocycles. The van der Waals surface area contributed by atoms with E-state index in [0.29, 0.717) is 44.2 Å². The second-order valence-corrected chi connectivity index (χ2v) is 7.05. The third kappa shape index (κ3) is 8.63. The van der Waals surface area contributed by atoms with Gasteiger partial charge in [0.25, 0.3) is 0 Å². The molecule has 2 rings (SSSR count). The number of benzene rings is 1. The van der Waals surface area contributed by atoms with Crippen molar-refractivity contribution in [2.75, 3.05) is 26.8 Å². The fraction of sp³-hybridized carbons (Fsp3) is 0.550. The van der Waals surface area contributed by atoms with Crippen molar-refractivity contribution in [2.24, 2.45) is 12.0 Å². The first-order valence-corrected chi connectivity index (χ1v) is 9.75. The Labute approximate surface area is 197 Å². The van der Waals surface area contributed by atoms with E-state index in [1.807, 2.05) is 25.5 Å². The van der Waals surface area contributed by atoms with E-state index < -0.39 is 11.7 Å². The summed E-state index contributed by atoms with van der Waals surface area (Å²) in [5, 5.41) is 14.5. The molecule has 7 nitrogen and oxygen atoms in total. The summed E-state index contributed by atoms with van der Waals surface area (Å²) in [5.41, 5.74) is 0.0364. The number of halogens is 4. The Bertz CT molecular complexity index is 841. The summed E-state index contributed by atoms with van der Waals surface area (Å²) in [5.74, 6) is 2.08. The number of nitrogens with one attached hydrogen (secondary N) is 2. The van der Waals surface area contributed by atoms with E-state index in [1.54, 1.807) is 13.2 Å². The maximum atomic E-state index is 12.9. The van der Waals surface area contributed by atoms with Gasteiger partial charge in [0, 0.05) is 27.2 Å².